The fourth-order valence-corrected chi connectivity index (χ4v) is 2.61. The Kier molecular flexibility index (Phi) is 4.68. The van der Waals surface area contributed by atoms with Crippen molar-refractivity contribution < 1.29 is 9.47 Å². The summed E-state index contributed by atoms with van der Waals surface area (Å²) in [7, 11) is 3.21. The topological polar surface area (TPSA) is 64.2 Å². The molecule has 0 spiro atoms. The van der Waals surface area contributed by atoms with E-state index in [2.05, 4.69) is 9.97 Å². The Bertz CT molecular complexity index is 655. The number of hydrogen-bond donors (Lipinski definition) is 1. The van der Waals surface area contributed by atoms with Gasteiger partial charge in [-0.2, -0.15) is 0 Å². The average molecular weight is 292 g/mol. The smallest absolute Gasteiger partial charge is 0.251 e. The van der Waals surface area contributed by atoms with E-state index in [1.807, 2.05) is 18.2 Å². The van der Waals surface area contributed by atoms with E-state index in [1.54, 1.807) is 21.1 Å². The number of nitrogens with zero attached hydrogens (tertiary/aromatic N) is 1. The summed E-state index contributed by atoms with van der Waals surface area (Å²) in [5, 5.41) is 0.616. The molecular weight excluding hydrogens is 276 g/mol. The molecule has 5 nitrogen and oxygen atoms in total. The molecule has 0 atom stereocenters. The number of ether oxygens (including phenoxy) is 2. The van der Waals surface area contributed by atoms with Gasteiger partial charge in [0.2, 0.25) is 0 Å². The van der Waals surface area contributed by atoms with Crippen LogP contribution in [0.5, 0.6) is 11.5 Å². The van der Waals surface area contributed by atoms with Crippen LogP contribution in [0.4, 0.5) is 0 Å². The van der Waals surface area contributed by atoms with E-state index >= 15 is 0 Å². The lowest BCUT2D eigenvalue weighted by atomic mass is 10.2. The second-order valence-electron chi connectivity index (χ2n) is 4.17. The van der Waals surface area contributed by atoms with Crippen LogP contribution in [-0.2, 0) is 5.75 Å². The van der Waals surface area contributed by atoms with Crippen LogP contribution < -0.4 is 15.0 Å². The number of methoxy groups -OCH3 is 2. The summed E-state index contributed by atoms with van der Waals surface area (Å²) >= 11 is 1.47. The van der Waals surface area contributed by atoms with E-state index in [1.165, 1.54) is 17.8 Å². The number of thioether (sulfide) groups is 1. The van der Waals surface area contributed by atoms with Crippen molar-refractivity contribution in [3.63, 3.8) is 0 Å². The zero-order valence-corrected chi connectivity index (χ0v) is 12.4. The van der Waals surface area contributed by atoms with Crippen LogP contribution in [0, 0.1) is 6.92 Å². The molecule has 0 aliphatic carbocycles. The van der Waals surface area contributed by atoms with Gasteiger partial charge in [0.25, 0.3) is 5.56 Å². The highest BCUT2D eigenvalue weighted by atomic mass is 32.2. The third-order valence-corrected chi connectivity index (χ3v) is 3.62. The van der Waals surface area contributed by atoms with Crippen molar-refractivity contribution in [2.45, 2.75) is 17.8 Å². The first-order valence-corrected chi connectivity index (χ1v) is 7.02. The quantitative estimate of drug-likeness (QED) is 0.677. The molecule has 6 heteroatoms. The van der Waals surface area contributed by atoms with Gasteiger partial charge < -0.3 is 14.5 Å². The van der Waals surface area contributed by atoms with Crippen molar-refractivity contribution in [1.82, 2.24) is 9.97 Å². The molecular formula is C14H16N2O3S. The number of nitrogens with one attached hydrogen (secondary N) is 1. The summed E-state index contributed by atoms with van der Waals surface area (Å²) in [6.07, 6.45) is 0. The molecule has 0 radical (unpaired) electrons. The maximum Gasteiger partial charge on any atom is 0.251 e. The number of aromatic amines is 1. The number of rotatable bonds is 5. The fraction of sp³-hybridized carbons (Fsp3) is 0.286. The molecule has 1 aromatic heterocycles. The molecule has 20 heavy (non-hydrogen) atoms. The molecule has 0 fully saturated rings. The van der Waals surface area contributed by atoms with Crippen molar-refractivity contribution in [2.24, 2.45) is 0 Å². The van der Waals surface area contributed by atoms with Crippen molar-refractivity contribution in [2.75, 3.05) is 14.2 Å². The predicted octanol–water partition coefficient (Wildman–Crippen LogP) is 2.39. The second kappa shape index (κ2) is 6.47. The Morgan fingerprint density at radius 3 is 2.60 bits per heavy atom. The SMILES string of the molecule is COc1ccc(CSc2nc(C)cc(=O)[nH]2)cc1OC. The number of hydrogen-bond acceptors (Lipinski definition) is 5. The molecule has 0 saturated heterocycles. The summed E-state index contributed by atoms with van der Waals surface area (Å²) in [5.41, 5.74) is 1.65. The van der Waals surface area contributed by atoms with Crippen molar-refractivity contribution in [3.8, 4) is 11.5 Å². The first kappa shape index (κ1) is 14.5. The van der Waals surface area contributed by atoms with Gasteiger partial charge in [-0.25, -0.2) is 4.98 Å². The molecule has 2 aromatic rings. The van der Waals surface area contributed by atoms with Crippen LogP contribution in [0.1, 0.15) is 11.3 Å². The molecule has 1 heterocycles. The zero-order chi connectivity index (χ0) is 14.5. The van der Waals surface area contributed by atoms with Crippen LogP contribution in [-0.4, -0.2) is 24.2 Å². The minimum Gasteiger partial charge on any atom is -0.493 e. The van der Waals surface area contributed by atoms with Gasteiger partial charge in [-0.3, -0.25) is 4.79 Å². The maximum atomic E-state index is 11.4. The van der Waals surface area contributed by atoms with Gasteiger partial charge in [0.05, 0.1) is 14.2 Å². The van der Waals surface area contributed by atoms with Crippen molar-refractivity contribution in [1.29, 1.82) is 0 Å². The molecule has 1 N–H and O–H groups in total. The Balaban J connectivity index is 2.12. The highest BCUT2D eigenvalue weighted by Crippen LogP contribution is 2.29. The van der Waals surface area contributed by atoms with Gasteiger partial charge in [0.15, 0.2) is 16.7 Å². The van der Waals surface area contributed by atoms with E-state index in [0.29, 0.717) is 28.1 Å². The molecule has 0 aliphatic heterocycles. The Labute approximate surface area is 121 Å². The maximum absolute atomic E-state index is 11.4. The zero-order valence-electron chi connectivity index (χ0n) is 11.6. The van der Waals surface area contributed by atoms with Crippen molar-refractivity contribution in [3.05, 3.63) is 45.9 Å². The van der Waals surface area contributed by atoms with Gasteiger partial charge >= 0.3 is 0 Å². The van der Waals surface area contributed by atoms with Crippen LogP contribution >= 0.6 is 11.8 Å². The lowest BCUT2D eigenvalue weighted by Gasteiger charge is -2.09. The first-order valence-electron chi connectivity index (χ1n) is 6.04. The normalized spacial score (nSPS) is 10.3. The lowest BCUT2D eigenvalue weighted by molar-refractivity contribution is 0.354. The van der Waals surface area contributed by atoms with E-state index in [4.69, 9.17) is 9.47 Å². The Hall–Kier alpha value is -1.95. The minimum absolute atomic E-state index is 0.132. The molecule has 0 unspecified atom stereocenters. The Morgan fingerprint density at radius 2 is 1.95 bits per heavy atom. The van der Waals surface area contributed by atoms with Crippen LogP contribution in [0.25, 0.3) is 0 Å². The monoisotopic (exact) mass is 292 g/mol. The lowest BCUT2D eigenvalue weighted by Crippen LogP contribution is -2.08. The number of aryl methyl sites for hydroxylation is 1. The molecule has 0 amide bonds. The molecule has 2 rings (SSSR count). The number of H-pyrrole nitrogens is 1. The summed E-state index contributed by atoms with van der Waals surface area (Å²) < 4.78 is 10.5. The van der Waals surface area contributed by atoms with Gasteiger partial charge in [-0.1, -0.05) is 17.8 Å². The number of aromatic nitrogens is 2. The van der Waals surface area contributed by atoms with Crippen LogP contribution in [0.3, 0.4) is 0 Å². The summed E-state index contributed by atoms with van der Waals surface area (Å²) in [6.45, 7) is 1.80. The minimum atomic E-state index is -0.132. The second-order valence-corrected chi connectivity index (χ2v) is 5.13. The molecule has 1 aromatic carbocycles. The third kappa shape index (κ3) is 3.54. The predicted molar refractivity (Wildman–Crippen MR) is 78.7 cm³/mol. The molecule has 0 bridgehead atoms. The Morgan fingerprint density at radius 1 is 1.20 bits per heavy atom. The van der Waals surface area contributed by atoms with Crippen molar-refractivity contribution >= 4 is 11.8 Å². The summed E-state index contributed by atoms with van der Waals surface area (Å²) in [5.74, 6) is 2.08. The van der Waals surface area contributed by atoms with E-state index in [0.717, 1.165) is 5.56 Å². The van der Waals surface area contributed by atoms with Gasteiger partial charge in [0, 0.05) is 17.5 Å². The first-order chi connectivity index (χ1) is 9.62. The van der Waals surface area contributed by atoms with Gasteiger partial charge in [-0.05, 0) is 24.6 Å². The standard InChI is InChI=1S/C14H16N2O3S/c1-9-6-13(17)16-14(15-9)20-8-10-4-5-11(18-2)12(7-10)19-3/h4-7H,8H2,1-3H3,(H,15,16,17). The van der Waals surface area contributed by atoms with E-state index < -0.39 is 0 Å². The average Bonchev–Trinajstić information content (AvgIpc) is 2.43. The highest BCUT2D eigenvalue weighted by Gasteiger charge is 2.06. The summed E-state index contributed by atoms with van der Waals surface area (Å²) in [4.78, 5) is 18.3. The van der Waals surface area contributed by atoms with E-state index in [-0.39, 0.29) is 5.56 Å². The van der Waals surface area contributed by atoms with E-state index in [9.17, 15) is 4.79 Å². The van der Waals surface area contributed by atoms with Gasteiger partial charge in [-0.15, -0.1) is 0 Å². The summed E-state index contributed by atoms with van der Waals surface area (Å²) in [6, 6.07) is 7.21. The largest absolute Gasteiger partial charge is 0.493 e. The highest BCUT2D eigenvalue weighted by molar-refractivity contribution is 7.98. The fourth-order valence-electron chi connectivity index (χ4n) is 1.74. The van der Waals surface area contributed by atoms with Crippen LogP contribution in [0.15, 0.2) is 34.2 Å². The molecule has 0 saturated carbocycles. The van der Waals surface area contributed by atoms with Crippen LogP contribution in [0.2, 0.25) is 0 Å². The third-order valence-electron chi connectivity index (χ3n) is 2.67. The number of benzene rings is 1. The molecule has 106 valence electrons. The van der Waals surface area contributed by atoms with Gasteiger partial charge in [0.1, 0.15) is 0 Å². The molecule has 0 aliphatic rings.